The highest BCUT2D eigenvalue weighted by atomic mass is 16.2. The Labute approximate surface area is 207 Å². The summed E-state index contributed by atoms with van der Waals surface area (Å²) in [5.74, 6) is -0.218. The first-order valence-corrected chi connectivity index (χ1v) is 13.0. The largest absolute Gasteiger partial charge is 0.342 e. The van der Waals surface area contributed by atoms with Crippen molar-refractivity contribution < 1.29 is 14.4 Å². The first kappa shape index (κ1) is 28.4. The van der Waals surface area contributed by atoms with E-state index in [1.165, 1.54) is 0 Å². The van der Waals surface area contributed by atoms with Gasteiger partial charge in [0.25, 0.3) is 0 Å². The smallest absolute Gasteiger partial charge is 0.246 e. The van der Waals surface area contributed by atoms with Crippen LogP contribution >= 0.6 is 0 Å². The molecule has 0 aromatic carbocycles. The number of nitrogens with zero attached hydrogens (tertiary/aromatic N) is 2. The normalized spacial score (nSPS) is 22.6. The topological polar surface area (TPSA) is 69.7 Å². The van der Waals surface area contributed by atoms with E-state index in [1.807, 2.05) is 25.7 Å². The molecule has 2 heterocycles. The molecular formula is C28H49N3O3. The van der Waals surface area contributed by atoms with Crippen molar-refractivity contribution in [1.29, 1.82) is 0 Å². The maximum absolute atomic E-state index is 13.8. The van der Waals surface area contributed by atoms with Crippen molar-refractivity contribution in [3.05, 3.63) is 12.2 Å². The van der Waals surface area contributed by atoms with Crippen LogP contribution in [0.5, 0.6) is 0 Å². The van der Waals surface area contributed by atoms with Gasteiger partial charge in [0, 0.05) is 19.5 Å². The van der Waals surface area contributed by atoms with Crippen molar-refractivity contribution in [2.45, 2.75) is 119 Å². The van der Waals surface area contributed by atoms with Gasteiger partial charge in [-0.25, -0.2) is 0 Å². The number of hydrogen-bond donors (Lipinski definition) is 1. The third kappa shape index (κ3) is 7.08. The molecule has 0 spiro atoms. The minimum absolute atomic E-state index is 0.00351. The fourth-order valence-electron chi connectivity index (χ4n) is 4.91. The van der Waals surface area contributed by atoms with Crippen LogP contribution in [0, 0.1) is 16.2 Å². The zero-order chi connectivity index (χ0) is 26.1. The molecule has 2 fully saturated rings. The predicted octanol–water partition coefficient (Wildman–Crippen LogP) is 4.93. The van der Waals surface area contributed by atoms with E-state index in [-0.39, 0.29) is 34.6 Å². The molecule has 194 valence electrons. The number of nitrogens with one attached hydrogen (secondary N) is 1. The van der Waals surface area contributed by atoms with Crippen LogP contribution < -0.4 is 5.32 Å². The Morgan fingerprint density at radius 1 is 0.882 bits per heavy atom. The van der Waals surface area contributed by atoms with Gasteiger partial charge in [-0.05, 0) is 53.9 Å². The first-order chi connectivity index (χ1) is 15.4. The Kier molecular flexibility index (Phi) is 8.69. The molecule has 0 radical (unpaired) electrons. The lowest BCUT2D eigenvalue weighted by atomic mass is 9.81. The zero-order valence-electron chi connectivity index (χ0n) is 23.2. The summed E-state index contributed by atoms with van der Waals surface area (Å²) in [5.41, 5.74) is 0.581. The highest BCUT2D eigenvalue weighted by molar-refractivity contribution is 5.93. The Morgan fingerprint density at radius 3 is 1.91 bits per heavy atom. The molecule has 3 atom stereocenters. The highest BCUT2D eigenvalue weighted by Crippen LogP contribution is 2.36. The second-order valence-electron chi connectivity index (χ2n) is 13.6. The quantitative estimate of drug-likeness (QED) is 0.554. The molecule has 1 N–H and O–H groups in total. The van der Waals surface area contributed by atoms with Gasteiger partial charge in [0.15, 0.2) is 0 Å². The summed E-state index contributed by atoms with van der Waals surface area (Å²) in [5, 5.41) is 3.08. The Hall–Kier alpha value is -1.85. The second-order valence-corrected chi connectivity index (χ2v) is 13.6. The van der Waals surface area contributed by atoms with Crippen LogP contribution in [0.25, 0.3) is 0 Å². The highest BCUT2D eigenvalue weighted by Gasteiger charge is 2.43. The first-order valence-electron chi connectivity index (χ1n) is 13.0. The maximum atomic E-state index is 13.8. The standard InChI is InChI=1S/C28H49N3O3/c1-19(27(5,6)7)20-13-11-18-31(20)25(34)23(28(8,9)10)29-24(33)21-14-12-17-30(21)22(32)15-16-26(2,3)4/h20-21,23H,1,11-18H2,2-10H3,(H,29,33). The lowest BCUT2D eigenvalue weighted by Crippen LogP contribution is -2.59. The summed E-state index contributed by atoms with van der Waals surface area (Å²) >= 11 is 0. The number of carbonyl (C=O) groups excluding carboxylic acids is 3. The van der Waals surface area contributed by atoms with Gasteiger partial charge in [-0.15, -0.1) is 0 Å². The van der Waals surface area contributed by atoms with Crippen LogP contribution in [0.3, 0.4) is 0 Å². The van der Waals surface area contributed by atoms with Gasteiger partial charge in [-0.3, -0.25) is 14.4 Å². The Balaban J connectivity index is 2.17. The molecule has 0 saturated carbocycles. The molecule has 2 aliphatic rings. The summed E-state index contributed by atoms with van der Waals surface area (Å²) in [6.07, 6.45) is 4.53. The van der Waals surface area contributed by atoms with E-state index in [0.717, 1.165) is 31.3 Å². The Bertz CT molecular complexity index is 782. The van der Waals surface area contributed by atoms with Crippen molar-refractivity contribution >= 4 is 17.7 Å². The summed E-state index contributed by atoms with van der Waals surface area (Å²) < 4.78 is 0. The fourth-order valence-corrected chi connectivity index (χ4v) is 4.91. The van der Waals surface area contributed by atoms with Crippen molar-refractivity contribution in [2.75, 3.05) is 13.1 Å². The average Bonchev–Trinajstić information content (AvgIpc) is 3.36. The van der Waals surface area contributed by atoms with Crippen molar-refractivity contribution in [1.82, 2.24) is 15.1 Å². The summed E-state index contributed by atoms with van der Waals surface area (Å²) in [6.45, 7) is 24.3. The van der Waals surface area contributed by atoms with Crippen LogP contribution in [0.15, 0.2) is 12.2 Å². The molecule has 2 aliphatic heterocycles. The maximum Gasteiger partial charge on any atom is 0.246 e. The SMILES string of the molecule is C=C(C1CCCN1C(=O)C(NC(=O)C1CCCN1C(=O)CCC(C)(C)C)C(C)(C)C)C(C)(C)C. The van der Waals surface area contributed by atoms with Crippen molar-refractivity contribution in [3.63, 3.8) is 0 Å². The average molecular weight is 476 g/mol. The lowest BCUT2D eigenvalue weighted by molar-refractivity contribution is -0.143. The van der Waals surface area contributed by atoms with Crippen LogP contribution in [0.4, 0.5) is 0 Å². The molecule has 0 bridgehead atoms. The van der Waals surface area contributed by atoms with Crippen molar-refractivity contribution in [2.24, 2.45) is 16.2 Å². The summed E-state index contributed by atoms with van der Waals surface area (Å²) in [4.78, 5) is 43.8. The lowest BCUT2D eigenvalue weighted by Gasteiger charge is -2.39. The van der Waals surface area contributed by atoms with Crippen molar-refractivity contribution in [3.8, 4) is 0 Å². The van der Waals surface area contributed by atoms with E-state index >= 15 is 0 Å². The van der Waals surface area contributed by atoms with Gasteiger partial charge >= 0.3 is 0 Å². The van der Waals surface area contributed by atoms with E-state index in [9.17, 15) is 14.4 Å². The van der Waals surface area contributed by atoms with E-state index in [0.29, 0.717) is 25.9 Å². The van der Waals surface area contributed by atoms with Gasteiger partial charge in [-0.1, -0.05) is 68.9 Å². The molecule has 0 aromatic heterocycles. The van der Waals surface area contributed by atoms with E-state index in [2.05, 4.69) is 53.4 Å². The monoisotopic (exact) mass is 475 g/mol. The molecule has 34 heavy (non-hydrogen) atoms. The third-order valence-corrected chi connectivity index (χ3v) is 7.27. The van der Waals surface area contributed by atoms with E-state index < -0.39 is 17.5 Å². The van der Waals surface area contributed by atoms with Gasteiger partial charge in [-0.2, -0.15) is 0 Å². The molecule has 0 aromatic rings. The van der Waals surface area contributed by atoms with Crippen LogP contribution in [0.2, 0.25) is 0 Å². The number of rotatable bonds is 6. The minimum Gasteiger partial charge on any atom is -0.342 e. The number of likely N-dealkylation sites (tertiary alicyclic amines) is 2. The van der Waals surface area contributed by atoms with E-state index in [1.54, 1.807) is 4.90 Å². The molecule has 0 aliphatic carbocycles. The predicted molar refractivity (Wildman–Crippen MR) is 138 cm³/mol. The summed E-state index contributed by atoms with van der Waals surface area (Å²) in [7, 11) is 0. The molecule has 2 saturated heterocycles. The molecule has 2 rings (SSSR count). The molecule has 6 heteroatoms. The summed E-state index contributed by atoms with van der Waals surface area (Å²) in [6, 6.07) is -1.15. The van der Waals surface area contributed by atoms with Crippen LogP contribution in [-0.4, -0.2) is 58.7 Å². The van der Waals surface area contributed by atoms with Crippen LogP contribution in [-0.2, 0) is 14.4 Å². The number of amides is 3. The third-order valence-electron chi connectivity index (χ3n) is 7.27. The van der Waals surface area contributed by atoms with E-state index in [4.69, 9.17) is 0 Å². The van der Waals surface area contributed by atoms with Crippen LogP contribution in [0.1, 0.15) is 101 Å². The van der Waals surface area contributed by atoms with Gasteiger partial charge in [0.05, 0.1) is 6.04 Å². The van der Waals surface area contributed by atoms with Gasteiger partial charge < -0.3 is 15.1 Å². The van der Waals surface area contributed by atoms with Gasteiger partial charge in [0.1, 0.15) is 12.1 Å². The Morgan fingerprint density at radius 2 is 1.41 bits per heavy atom. The van der Waals surface area contributed by atoms with Gasteiger partial charge in [0.2, 0.25) is 17.7 Å². The second kappa shape index (κ2) is 10.4. The fraction of sp³-hybridized carbons (Fsp3) is 0.821. The molecule has 3 unspecified atom stereocenters. The molecule has 3 amide bonds. The number of carbonyl (C=O) groups is 3. The minimum atomic E-state index is -0.652. The molecule has 6 nitrogen and oxygen atoms in total. The molecular weight excluding hydrogens is 426 g/mol. The number of hydrogen-bond acceptors (Lipinski definition) is 3. The zero-order valence-corrected chi connectivity index (χ0v) is 23.2.